The molecule has 0 radical (unpaired) electrons. The second-order valence-corrected chi connectivity index (χ2v) is 7.54. The van der Waals surface area contributed by atoms with Gasteiger partial charge in [-0.1, -0.05) is 48.0 Å². The number of carboxylic acid groups (broad SMARTS) is 1. The summed E-state index contributed by atoms with van der Waals surface area (Å²) in [6.07, 6.45) is 10.0. The molecule has 0 spiro atoms. The predicted octanol–water partition coefficient (Wildman–Crippen LogP) is 6.07. The number of carbonyl (C=O) groups excluding carboxylic acids is 1. The number of nitrogens with zero attached hydrogens (tertiary/aromatic N) is 1. The van der Waals surface area contributed by atoms with Crippen LogP contribution in [0.3, 0.4) is 0 Å². The van der Waals surface area contributed by atoms with E-state index in [2.05, 4.69) is 10.3 Å². The Labute approximate surface area is 192 Å². The molecule has 6 heteroatoms. The largest absolute Gasteiger partial charge is 0.481 e. The molecule has 0 saturated carbocycles. The maximum atomic E-state index is 12.2. The number of carbonyl (C=O) groups is 2. The third-order valence-corrected chi connectivity index (χ3v) is 4.89. The van der Waals surface area contributed by atoms with Gasteiger partial charge in [-0.25, -0.2) is 0 Å². The van der Waals surface area contributed by atoms with E-state index in [1.807, 2.05) is 54.6 Å². The Morgan fingerprint density at radius 3 is 2.53 bits per heavy atom. The molecule has 1 heterocycles. The molecule has 2 aromatic carbocycles. The number of hydrogen-bond donors (Lipinski definition) is 2. The predicted molar refractivity (Wildman–Crippen MR) is 128 cm³/mol. The van der Waals surface area contributed by atoms with Gasteiger partial charge in [0.1, 0.15) is 0 Å². The number of amides is 1. The molecule has 0 aliphatic rings. The second kappa shape index (κ2) is 11.6. The van der Waals surface area contributed by atoms with Gasteiger partial charge in [-0.2, -0.15) is 0 Å². The fourth-order valence-electron chi connectivity index (χ4n) is 3.12. The number of halogens is 1. The van der Waals surface area contributed by atoms with Crippen LogP contribution in [0, 0.1) is 0 Å². The number of anilines is 1. The number of rotatable bonds is 9. The lowest BCUT2D eigenvalue weighted by molar-refractivity contribution is -0.137. The van der Waals surface area contributed by atoms with Crippen LogP contribution in [0.15, 0.2) is 85.2 Å². The molecule has 0 saturated heterocycles. The molecule has 32 heavy (non-hydrogen) atoms. The maximum absolute atomic E-state index is 12.2. The molecule has 0 bridgehead atoms. The smallest absolute Gasteiger partial charge is 0.303 e. The SMILES string of the molecule is O=C(O)CCCC=C(c1ccc(NC(=O)/C=C/c2cccc(Cl)c2)cc1)c1cccnc1. The third kappa shape index (κ3) is 7.22. The third-order valence-electron chi connectivity index (χ3n) is 4.66. The summed E-state index contributed by atoms with van der Waals surface area (Å²) in [6.45, 7) is 0. The standard InChI is InChI=1S/C26H23ClN2O3/c27-22-7-3-5-19(17-22)10-15-25(30)29-23-13-11-20(12-14-23)24(8-1-2-9-26(31)32)21-6-4-16-28-18-21/h3-8,10-18H,1-2,9H2,(H,29,30)(H,31,32)/b15-10+,24-8?. The molecule has 5 nitrogen and oxygen atoms in total. The number of hydrogen-bond acceptors (Lipinski definition) is 3. The molecule has 162 valence electrons. The molecule has 1 amide bonds. The quantitative estimate of drug-likeness (QED) is 0.308. The van der Waals surface area contributed by atoms with Crippen molar-refractivity contribution in [3.05, 3.63) is 107 Å². The number of pyridine rings is 1. The first-order valence-electron chi connectivity index (χ1n) is 10.2. The summed E-state index contributed by atoms with van der Waals surface area (Å²) in [5.74, 6) is -1.04. The Kier molecular flexibility index (Phi) is 8.35. The van der Waals surface area contributed by atoms with Gasteiger partial charge in [0.05, 0.1) is 0 Å². The molecule has 1 aromatic heterocycles. The molecular weight excluding hydrogens is 424 g/mol. The van der Waals surface area contributed by atoms with Crippen LogP contribution in [0.1, 0.15) is 36.0 Å². The molecule has 2 N–H and O–H groups in total. The molecule has 0 aliphatic heterocycles. The van der Waals surface area contributed by atoms with Crippen LogP contribution in [0.4, 0.5) is 5.69 Å². The highest BCUT2D eigenvalue weighted by atomic mass is 35.5. The van der Waals surface area contributed by atoms with E-state index in [4.69, 9.17) is 16.7 Å². The van der Waals surface area contributed by atoms with Gasteiger partial charge < -0.3 is 10.4 Å². The number of aromatic nitrogens is 1. The van der Waals surface area contributed by atoms with Crippen LogP contribution >= 0.6 is 11.6 Å². The fourth-order valence-corrected chi connectivity index (χ4v) is 3.32. The summed E-state index contributed by atoms with van der Waals surface area (Å²) in [7, 11) is 0. The Balaban J connectivity index is 1.70. The van der Waals surface area contributed by atoms with Crippen molar-refractivity contribution in [1.29, 1.82) is 0 Å². The van der Waals surface area contributed by atoms with Crippen molar-refractivity contribution in [3.8, 4) is 0 Å². The Morgan fingerprint density at radius 1 is 1.03 bits per heavy atom. The van der Waals surface area contributed by atoms with E-state index in [9.17, 15) is 9.59 Å². The van der Waals surface area contributed by atoms with Gasteiger partial charge in [-0.3, -0.25) is 14.6 Å². The van der Waals surface area contributed by atoms with E-state index in [1.54, 1.807) is 30.6 Å². The monoisotopic (exact) mass is 446 g/mol. The van der Waals surface area contributed by atoms with Crippen molar-refractivity contribution >= 4 is 40.8 Å². The first-order chi connectivity index (χ1) is 15.5. The summed E-state index contributed by atoms with van der Waals surface area (Å²) >= 11 is 5.96. The van der Waals surface area contributed by atoms with Crippen LogP contribution in [0.2, 0.25) is 5.02 Å². The van der Waals surface area contributed by atoms with E-state index in [1.165, 1.54) is 6.08 Å². The zero-order valence-electron chi connectivity index (χ0n) is 17.4. The number of nitrogens with one attached hydrogen (secondary N) is 1. The minimum absolute atomic E-state index is 0.129. The molecule has 0 atom stereocenters. The maximum Gasteiger partial charge on any atom is 0.303 e. The van der Waals surface area contributed by atoms with Crippen molar-refractivity contribution in [3.63, 3.8) is 0 Å². The zero-order chi connectivity index (χ0) is 22.8. The molecular formula is C26H23ClN2O3. The molecule has 3 rings (SSSR count). The summed E-state index contributed by atoms with van der Waals surface area (Å²) in [5.41, 5.74) is 4.40. The van der Waals surface area contributed by atoms with Crippen LogP contribution in [-0.4, -0.2) is 22.0 Å². The fraction of sp³-hybridized carbons (Fsp3) is 0.115. The number of carboxylic acids is 1. The van der Waals surface area contributed by atoms with Crippen molar-refractivity contribution in [2.45, 2.75) is 19.3 Å². The summed E-state index contributed by atoms with van der Waals surface area (Å²) in [6, 6.07) is 18.6. The highest BCUT2D eigenvalue weighted by Crippen LogP contribution is 2.25. The van der Waals surface area contributed by atoms with Crippen LogP contribution in [-0.2, 0) is 9.59 Å². The molecule has 0 fully saturated rings. The van der Waals surface area contributed by atoms with Crippen LogP contribution < -0.4 is 5.32 Å². The van der Waals surface area contributed by atoms with E-state index in [-0.39, 0.29) is 12.3 Å². The van der Waals surface area contributed by atoms with Gasteiger partial charge >= 0.3 is 5.97 Å². The Bertz CT molecular complexity index is 1120. The average molecular weight is 447 g/mol. The minimum atomic E-state index is -0.800. The van der Waals surface area contributed by atoms with E-state index in [0.717, 1.165) is 22.3 Å². The number of allylic oxidation sites excluding steroid dienone is 1. The molecule has 0 aliphatic carbocycles. The lowest BCUT2D eigenvalue weighted by atomic mass is 9.97. The van der Waals surface area contributed by atoms with Gasteiger partial charge in [0, 0.05) is 41.2 Å². The Morgan fingerprint density at radius 2 is 1.84 bits per heavy atom. The zero-order valence-corrected chi connectivity index (χ0v) is 18.1. The second-order valence-electron chi connectivity index (χ2n) is 7.10. The minimum Gasteiger partial charge on any atom is -0.481 e. The van der Waals surface area contributed by atoms with Gasteiger partial charge in [0.2, 0.25) is 5.91 Å². The van der Waals surface area contributed by atoms with Crippen LogP contribution in [0.25, 0.3) is 11.6 Å². The van der Waals surface area contributed by atoms with Crippen LogP contribution in [0.5, 0.6) is 0 Å². The summed E-state index contributed by atoms with van der Waals surface area (Å²) in [5, 5.41) is 12.3. The first kappa shape index (κ1) is 23.0. The first-order valence-corrected chi connectivity index (χ1v) is 10.6. The lowest BCUT2D eigenvalue weighted by Gasteiger charge is -2.10. The number of benzene rings is 2. The normalized spacial score (nSPS) is 11.5. The molecule has 3 aromatic rings. The van der Waals surface area contributed by atoms with E-state index < -0.39 is 5.97 Å². The van der Waals surface area contributed by atoms with Gasteiger partial charge in [-0.05, 0) is 65.9 Å². The van der Waals surface area contributed by atoms with Gasteiger partial charge in [-0.15, -0.1) is 0 Å². The van der Waals surface area contributed by atoms with E-state index >= 15 is 0 Å². The number of unbranched alkanes of at least 4 members (excludes halogenated alkanes) is 1. The Hall–Kier alpha value is -3.70. The van der Waals surface area contributed by atoms with Crippen molar-refractivity contribution in [2.75, 3.05) is 5.32 Å². The topological polar surface area (TPSA) is 79.3 Å². The highest BCUT2D eigenvalue weighted by molar-refractivity contribution is 6.30. The van der Waals surface area contributed by atoms with Crippen molar-refractivity contribution in [1.82, 2.24) is 4.98 Å². The summed E-state index contributed by atoms with van der Waals surface area (Å²) < 4.78 is 0. The van der Waals surface area contributed by atoms with Crippen molar-refractivity contribution < 1.29 is 14.7 Å². The average Bonchev–Trinajstić information content (AvgIpc) is 2.79. The number of aliphatic carboxylic acids is 1. The highest BCUT2D eigenvalue weighted by Gasteiger charge is 2.07. The van der Waals surface area contributed by atoms with Gasteiger partial charge in [0.15, 0.2) is 0 Å². The van der Waals surface area contributed by atoms with Crippen molar-refractivity contribution in [2.24, 2.45) is 0 Å². The molecule has 0 unspecified atom stereocenters. The van der Waals surface area contributed by atoms with Gasteiger partial charge in [0.25, 0.3) is 0 Å². The summed E-state index contributed by atoms with van der Waals surface area (Å²) in [4.78, 5) is 27.2. The lowest BCUT2D eigenvalue weighted by Crippen LogP contribution is -2.07. The van der Waals surface area contributed by atoms with E-state index in [0.29, 0.717) is 23.6 Å².